The van der Waals surface area contributed by atoms with E-state index in [9.17, 15) is 17.2 Å². The maximum atomic E-state index is 13.6. The molecule has 1 heterocycles. The van der Waals surface area contributed by atoms with E-state index in [4.69, 9.17) is 0 Å². The highest BCUT2D eigenvalue weighted by molar-refractivity contribution is 7.89. The predicted molar refractivity (Wildman–Crippen MR) is 81.0 cm³/mol. The summed E-state index contributed by atoms with van der Waals surface area (Å²) < 4.78 is 53.6. The highest BCUT2D eigenvalue weighted by Crippen LogP contribution is 2.18. The fraction of sp³-hybridized carbons (Fsp3) is 0.600. The number of halogens is 2. The Kier molecular flexibility index (Phi) is 5.52. The standard InChI is InChI=1S/C15H22F2N2O2S/c1-11-4-3-7-19(9-11)10-12(2)18-22(20,21)15-8-13(16)5-6-14(15)17/h5-6,8,11-12,18H,3-4,7,9-10H2,1-2H3/t11-,12+/m1/s1. The van der Waals surface area contributed by atoms with Crippen LogP contribution in [0.2, 0.25) is 0 Å². The summed E-state index contributed by atoms with van der Waals surface area (Å²) in [6.45, 7) is 6.32. The van der Waals surface area contributed by atoms with E-state index in [1.807, 2.05) is 0 Å². The lowest BCUT2D eigenvalue weighted by Gasteiger charge is -2.32. The monoisotopic (exact) mass is 332 g/mol. The van der Waals surface area contributed by atoms with Gasteiger partial charge < -0.3 is 4.90 Å². The molecule has 22 heavy (non-hydrogen) atoms. The third-order valence-corrected chi connectivity index (χ3v) is 5.42. The second-order valence-electron chi connectivity index (χ2n) is 6.10. The van der Waals surface area contributed by atoms with Gasteiger partial charge in [0.05, 0.1) is 0 Å². The van der Waals surface area contributed by atoms with Gasteiger partial charge in [0.1, 0.15) is 16.5 Å². The van der Waals surface area contributed by atoms with Crippen LogP contribution in [0.4, 0.5) is 8.78 Å². The van der Waals surface area contributed by atoms with Crippen molar-refractivity contribution in [3.8, 4) is 0 Å². The molecular weight excluding hydrogens is 310 g/mol. The lowest BCUT2D eigenvalue weighted by atomic mass is 10.00. The zero-order chi connectivity index (χ0) is 16.3. The maximum Gasteiger partial charge on any atom is 0.243 e. The van der Waals surface area contributed by atoms with Crippen LogP contribution in [-0.4, -0.2) is 39.0 Å². The van der Waals surface area contributed by atoms with Crippen molar-refractivity contribution in [1.82, 2.24) is 9.62 Å². The Hall–Kier alpha value is -1.05. The first-order valence-electron chi connectivity index (χ1n) is 7.47. The van der Waals surface area contributed by atoms with Crippen LogP contribution >= 0.6 is 0 Å². The Morgan fingerprint density at radius 2 is 2.14 bits per heavy atom. The molecule has 1 aromatic rings. The lowest BCUT2D eigenvalue weighted by Crippen LogP contribution is -2.45. The number of likely N-dealkylation sites (tertiary alicyclic amines) is 1. The van der Waals surface area contributed by atoms with E-state index in [0.29, 0.717) is 18.5 Å². The number of piperidine rings is 1. The van der Waals surface area contributed by atoms with E-state index in [2.05, 4.69) is 16.5 Å². The van der Waals surface area contributed by atoms with E-state index in [1.54, 1.807) is 6.92 Å². The molecule has 1 N–H and O–H groups in total. The van der Waals surface area contributed by atoms with Crippen molar-refractivity contribution < 1.29 is 17.2 Å². The summed E-state index contributed by atoms with van der Waals surface area (Å²) >= 11 is 0. The molecular formula is C15H22F2N2O2S. The summed E-state index contributed by atoms with van der Waals surface area (Å²) in [6, 6.07) is 2.04. The molecule has 0 saturated carbocycles. The van der Waals surface area contributed by atoms with Crippen LogP contribution in [0.1, 0.15) is 26.7 Å². The maximum absolute atomic E-state index is 13.6. The van der Waals surface area contributed by atoms with Crippen LogP contribution in [0.3, 0.4) is 0 Å². The molecule has 1 aromatic carbocycles. The molecule has 0 spiro atoms. The number of nitrogens with zero attached hydrogens (tertiary/aromatic N) is 1. The van der Waals surface area contributed by atoms with Crippen LogP contribution < -0.4 is 4.72 Å². The average Bonchev–Trinajstić information content (AvgIpc) is 2.40. The van der Waals surface area contributed by atoms with Gasteiger partial charge in [-0.15, -0.1) is 0 Å². The molecule has 2 rings (SSSR count). The first kappa shape index (κ1) is 17.3. The van der Waals surface area contributed by atoms with E-state index in [-0.39, 0.29) is 6.04 Å². The Morgan fingerprint density at radius 3 is 2.82 bits per heavy atom. The van der Waals surface area contributed by atoms with Crippen molar-refractivity contribution in [2.24, 2.45) is 5.92 Å². The minimum atomic E-state index is -4.07. The summed E-state index contributed by atoms with van der Waals surface area (Å²) in [6.07, 6.45) is 2.28. The third kappa shape index (κ3) is 4.47. The van der Waals surface area contributed by atoms with Gasteiger partial charge in [-0.25, -0.2) is 21.9 Å². The molecule has 0 bridgehead atoms. The van der Waals surface area contributed by atoms with E-state index < -0.39 is 26.6 Å². The topological polar surface area (TPSA) is 49.4 Å². The molecule has 0 unspecified atom stereocenters. The van der Waals surface area contributed by atoms with Crippen LogP contribution in [0.15, 0.2) is 23.1 Å². The largest absolute Gasteiger partial charge is 0.301 e. The minimum absolute atomic E-state index is 0.377. The van der Waals surface area contributed by atoms with Crippen LogP contribution in [0.25, 0.3) is 0 Å². The van der Waals surface area contributed by atoms with Gasteiger partial charge in [0.2, 0.25) is 10.0 Å². The number of hydrogen-bond donors (Lipinski definition) is 1. The summed E-state index contributed by atoms with van der Waals surface area (Å²) in [5, 5.41) is 0. The summed E-state index contributed by atoms with van der Waals surface area (Å²) in [5.74, 6) is -1.13. The molecule has 1 aliphatic rings. The SMILES string of the molecule is C[C@@H]1CCCN(C[C@H](C)NS(=O)(=O)c2cc(F)ccc2F)C1. The highest BCUT2D eigenvalue weighted by Gasteiger charge is 2.24. The van der Waals surface area contributed by atoms with E-state index >= 15 is 0 Å². The van der Waals surface area contributed by atoms with Crippen molar-refractivity contribution in [1.29, 1.82) is 0 Å². The molecule has 2 atom stereocenters. The smallest absolute Gasteiger partial charge is 0.243 e. The molecule has 1 aliphatic heterocycles. The molecule has 0 radical (unpaired) electrons. The molecule has 1 saturated heterocycles. The zero-order valence-electron chi connectivity index (χ0n) is 12.9. The van der Waals surface area contributed by atoms with Crippen molar-refractivity contribution >= 4 is 10.0 Å². The van der Waals surface area contributed by atoms with Gasteiger partial charge >= 0.3 is 0 Å². The number of benzene rings is 1. The summed E-state index contributed by atoms with van der Waals surface area (Å²) in [5.41, 5.74) is 0. The van der Waals surface area contributed by atoms with Gasteiger partial charge in [-0.1, -0.05) is 6.92 Å². The second-order valence-corrected chi connectivity index (χ2v) is 7.79. The molecule has 4 nitrogen and oxygen atoms in total. The molecule has 0 amide bonds. The van der Waals surface area contributed by atoms with E-state index in [0.717, 1.165) is 31.6 Å². The fourth-order valence-electron chi connectivity index (χ4n) is 2.89. The number of sulfonamides is 1. The van der Waals surface area contributed by atoms with Gasteiger partial charge in [-0.3, -0.25) is 0 Å². The van der Waals surface area contributed by atoms with Crippen molar-refractivity contribution in [2.45, 2.75) is 37.6 Å². The number of hydrogen-bond acceptors (Lipinski definition) is 3. The average molecular weight is 332 g/mol. The fourth-order valence-corrected chi connectivity index (χ4v) is 4.21. The Labute approximate surface area is 130 Å². The molecule has 124 valence electrons. The summed E-state index contributed by atoms with van der Waals surface area (Å²) in [4.78, 5) is 1.55. The van der Waals surface area contributed by atoms with Gasteiger partial charge in [0, 0.05) is 19.1 Å². The normalized spacial score (nSPS) is 21.7. The Balaban J connectivity index is 2.03. The van der Waals surface area contributed by atoms with Crippen LogP contribution in [-0.2, 0) is 10.0 Å². The van der Waals surface area contributed by atoms with Gasteiger partial charge in [0.25, 0.3) is 0 Å². The molecule has 7 heteroatoms. The second kappa shape index (κ2) is 7.02. The first-order chi connectivity index (χ1) is 10.3. The quantitative estimate of drug-likeness (QED) is 0.900. The highest BCUT2D eigenvalue weighted by atomic mass is 32.2. The zero-order valence-corrected chi connectivity index (χ0v) is 13.7. The van der Waals surface area contributed by atoms with Crippen LogP contribution in [0.5, 0.6) is 0 Å². The van der Waals surface area contributed by atoms with Crippen molar-refractivity contribution in [3.05, 3.63) is 29.8 Å². The predicted octanol–water partition coefficient (Wildman–Crippen LogP) is 2.36. The Morgan fingerprint density at radius 1 is 1.41 bits per heavy atom. The first-order valence-corrected chi connectivity index (χ1v) is 8.96. The molecule has 0 aliphatic carbocycles. The number of rotatable bonds is 5. The van der Waals surface area contributed by atoms with Gasteiger partial charge in [0.15, 0.2) is 0 Å². The van der Waals surface area contributed by atoms with Crippen molar-refractivity contribution in [3.63, 3.8) is 0 Å². The number of nitrogens with one attached hydrogen (secondary N) is 1. The van der Waals surface area contributed by atoms with E-state index in [1.165, 1.54) is 6.42 Å². The van der Waals surface area contributed by atoms with Gasteiger partial charge in [-0.05, 0) is 50.4 Å². The molecule has 0 aromatic heterocycles. The van der Waals surface area contributed by atoms with Crippen LogP contribution in [0, 0.1) is 17.6 Å². The minimum Gasteiger partial charge on any atom is -0.301 e. The third-order valence-electron chi connectivity index (χ3n) is 3.81. The van der Waals surface area contributed by atoms with Crippen molar-refractivity contribution in [2.75, 3.05) is 19.6 Å². The van der Waals surface area contributed by atoms with Gasteiger partial charge in [-0.2, -0.15) is 0 Å². The lowest BCUT2D eigenvalue weighted by molar-refractivity contribution is 0.174. The summed E-state index contributed by atoms with van der Waals surface area (Å²) in [7, 11) is -4.07. The Bertz CT molecular complexity index is 622. The molecule has 1 fully saturated rings.